The molecule has 6 heteroatoms. The van der Waals surface area contributed by atoms with Crippen LogP contribution in [0.5, 0.6) is 23.0 Å². The van der Waals surface area contributed by atoms with E-state index < -0.39 is 0 Å². The molecule has 4 rings (SSSR count). The molecule has 0 spiro atoms. The third-order valence-corrected chi connectivity index (χ3v) is 6.27. The molecule has 1 heterocycles. The van der Waals surface area contributed by atoms with Gasteiger partial charge in [0, 0.05) is 12.1 Å². The summed E-state index contributed by atoms with van der Waals surface area (Å²) < 4.78 is 22.0. The highest BCUT2D eigenvalue weighted by atomic mass is 16.5. The molecule has 0 saturated carbocycles. The topological polar surface area (TPSA) is 60.4 Å². The van der Waals surface area contributed by atoms with Gasteiger partial charge in [0.25, 0.3) is 0 Å². The average Bonchev–Trinajstić information content (AvgIpc) is 2.74. The summed E-state index contributed by atoms with van der Waals surface area (Å²) in [4.78, 5) is 2.28. The van der Waals surface area contributed by atoms with Crippen LogP contribution in [0.15, 0.2) is 30.0 Å². The second-order valence-electron chi connectivity index (χ2n) is 7.51. The van der Waals surface area contributed by atoms with E-state index in [1.807, 2.05) is 30.3 Å². The molecule has 3 atom stereocenters. The van der Waals surface area contributed by atoms with Gasteiger partial charge in [-0.3, -0.25) is 4.90 Å². The first kappa shape index (κ1) is 19.5. The third-order valence-electron chi connectivity index (χ3n) is 6.27. The minimum Gasteiger partial charge on any atom is -0.512 e. The van der Waals surface area contributed by atoms with Crippen molar-refractivity contribution in [1.82, 2.24) is 4.90 Å². The van der Waals surface area contributed by atoms with Crippen LogP contribution >= 0.6 is 0 Å². The standard InChI is InChI=1S/C23H27NO5/c1-12-14-9-19(27-4)21(29-6)11-16(14)22-17(25)7-13-8-18(26-3)20(28-5)10-15(13)23(22)24(12)2/h7-12,22-23,25H,1-6H3. The van der Waals surface area contributed by atoms with Crippen molar-refractivity contribution in [1.29, 1.82) is 0 Å². The van der Waals surface area contributed by atoms with Crippen LogP contribution < -0.4 is 18.9 Å². The number of hydrogen-bond donors (Lipinski definition) is 1. The van der Waals surface area contributed by atoms with Crippen LogP contribution in [0.4, 0.5) is 0 Å². The number of hydrogen-bond acceptors (Lipinski definition) is 6. The third kappa shape index (κ3) is 2.82. The number of fused-ring (bicyclic) bond motifs is 5. The maximum absolute atomic E-state index is 11.1. The molecule has 0 radical (unpaired) electrons. The second kappa shape index (κ2) is 7.19. The molecular weight excluding hydrogens is 370 g/mol. The molecule has 1 aliphatic carbocycles. The first-order chi connectivity index (χ1) is 13.9. The van der Waals surface area contributed by atoms with Gasteiger partial charge in [-0.15, -0.1) is 0 Å². The Morgan fingerprint density at radius 2 is 1.24 bits per heavy atom. The molecule has 0 fully saturated rings. The number of methoxy groups -OCH3 is 4. The van der Waals surface area contributed by atoms with Gasteiger partial charge in [-0.1, -0.05) is 0 Å². The Balaban J connectivity index is 1.95. The van der Waals surface area contributed by atoms with E-state index in [1.54, 1.807) is 28.4 Å². The normalized spacial score (nSPS) is 22.7. The summed E-state index contributed by atoms with van der Waals surface area (Å²) in [5.41, 5.74) is 4.20. The highest BCUT2D eigenvalue weighted by molar-refractivity contribution is 5.68. The Morgan fingerprint density at radius 1 is 0.759 bits per heavy atom. The van der Waals surface area contributed by atoms with E-state index in [0.717, 1.165) is 22.3 Å². The fourth-order valence-corrected chi connectivity index (χ4v) is 4.67. The van der Waals surface area contributed by atoms with Crippen LogP contribution in [0.3, 0.4) is 0 Å². The van der Waals surface area contributed by atoms with Crippen molar-refractivity contribution in [3.8, 4) is 23.0 Å². The van der Waals surface area contributed by atoms with Crippen LogP contribution in [0.2, 0.25) is 0 Å². The van der Waals surface area contributed by atoms with Gasteiger partial charge in [-0.05, 0) is 66.6 Å². The molecule has 154 valence electrons. The summed E-state index contributed by atoms with van der Waals surface area (Å²) in [5.74, 6) is 2.79. The zero-order valence-electron chi connectivity index (χ0n) is 17.6. The monoisotopic (exact) mass is 397 g/mol. The molecule has 1 N–H and O–H groups in total. The molecule has 2 aliphatic rings. The highest BCUT2D eigenvalue weighted by Gasteiger charge is 2.44. The zero-order chi connectivity index (χ0) is 20.9. The molecule has 29 heavy (non-hydrogen) atoms. The van der Waals surface area contributed by atoms with Crippen molar-refractivity contribution in [2.24, 2.45) is 0 Å². The van der Waals surface area contributed by atoms with Gasteiger partial charge in [-0.25, -0.2) is 0 Å². The molecular formula is C23H27NO5. The lowest BCUT2D eigenvalue weighted by molar-refractivity contribution is 0.130. The van der Waals surface area contributed by atoms with Crippen molar-refractivity contribution in [3.63, 3.8) is 0 Å². The molecule has 0 bridgehead atoms. The Bertz CT molecular complexity index is 984. The first-order valence-electron chi connectivity index (χ1n) is 9.59. The van der Waals surface area contributed by atoms with Crippen LogP contribution in [0.25, 0.3) is 6.08 Å². The van der Waals surface area contributed by atoms with Gasteiger partial charge in [0.2, 0.25) is 0 Å². The zero-order valence-corrected chi connectivity index (χ0v) is 17.6. The van der Waals surface area contributed by atoms with E-state index in [4.69, 9.17) is 18.9 Å². The molecule has 0 amide bonds. The predicted octanol–water partition coefficient (Wildman–Crippen LogP) is 4.46. The lowest BCUT2D eigenvalue weighted by atomic mass is 9.72. The summed E-state index contributed by atoms with van der Waals surface area (Å²) in [5, 5.41) is 11.1. The fourth-order valence-electron chi connectivity index (χ4n) is 4.67. The molecule has 0 aromatic heterocycles. The highest BCUT2D eigenvalue weighted by Crippen LogP contribution is 2.55. The van der Waals surface area contributed by atoms with Crippen molar-refractivity contribution < 1.29 is 24.1 Å². The Kier molecular flexibility index (Phi) is 4.82. The molecule has 3 unspecified atom stereocenters. The van der Waals surface area contributed by atoms with Crippen molar-refractivity contribution in [2.75, 3.05) is 35.5 Å². The van der Waals surface area contributed by atoms with Gasteiger partial charge < -0.3 is 24.1 Å². The summed E-state index contributed by atoms with van der Waals surface area (Å²) in [6.45, 7) is 2.16. The van der Waals surface area contributed by atoms with Crippen molar-refractivity contribution in [3.05, 3.63) is 52.3 Å². The van der Waals surface area contributed by atoms with Crippen molar-refractivity contribution in [2.45, 2.75) is 24.9 Å². The van der Waals surface area contributed by atoms with E-state index >= 15 is 0 Å². The quantitative estimate of drug-likeness (QED) is 0.822. The van der Waals surface area contributed by atoms with Crippen LogP contribution in [-0.4, -0.2) is 45.5 Å². The summed E-state index contributed by atoms with van der Waals surface area (Å²) >= 11 is 0. The summed E-state index contributed by atoms with van der Waals surface area (Å²) in [6.07, 6.45) is 1.82. The molecule has 2 aromatic rings. The van der Waals surface area contributed by atoms with Crippen LogP contribution in [0.1, 0.15) is 47.2 Å². The van der Waals surface area contributed by atoms with Crippen LogP contribution in [-0.2, 0) is 0 Å². The number of aliphatic hydroxyl groups is 1. The van der Waals surface area contributed by atoms with Gasteiger partial charge >= 0.3 is 0 Å². The number of rotatable bonds is 4. The van der Waals surface area contributed by atoms with E-state index in [-0.39, 0.29) is 18.0 Å². The van der Waals surface area contributed by atoms with E-state index in [0.29, 0.717) is 28.8 Å². The lowest BCUT2D eigenvalue weighted by Crippen LogP contribution is -2.39. The summed E-state index contributed by atoms with van der Waals surface area (Å²) in [6, 6.07) is 8.02. The van der Waals surface area contributed by atoms with E-state index in [2.05, 4.69) is 18.9 Å². The van der Waals surface area contributed by atoms with E-state index in [9.17, 15) is 5.11 Å². The largest absolute Gasteiger partial charge is 0.512 e. The van der Waals surface area contributed by atoms with Gasteiger partial charge in [0.05, 0.1) is 34.4 Å². The number of aliphatic hydroxyl groups excluding tert-OH is 1. The predicted molar refractivity (Wildman–Crippen MR) is 111 cm³/mol. The summed E-state index contributed by atoms with van der Waals surface area (Å²) in [7, 11) is 8.60. The second-order valence-corrected chi connectivity index (χ2v) is 7.51. The van der Waals surface area contributed by atoms with Crippen molar-refractivity contribution >= 4 is 6.08 Å². The van der Waals surface area contributed by atoms with Gasteiger partial charge in [0.15, 0.2) is 23.0 Å². The Morgan fingerprint density at radius 3 is 1.79 bits per heavy atom. The minimum atomic E-state index is -0.211. The Hall–Kier alpha value is -2.86. The molecule has 2 aromatic carbocycles. The fraction of sp³-hybridized carbons (Fsp3) is 0.391. The molecule has 1 aliphatic heterocycles. The van der Waals surface area contributed by atoms with Crippen LogP contribution in [0, 0.1) is 0 Å². The van der Waals surface area contributed by atoms with Gasteiger partial charge in [0.1, 0.15) is 5.76 Å². The lowest BCUT2D eigenvalue weighted by Gasteiger charge is -2.46. The van der Waals surface area contributed by atoms with Gasteiger partial charge in [-0.2, -0.15) is 0 Å². The average molecular weight is 397 g/mol. The van der Waals surface area contributed by atoms with E-state index in [1.165, 1.54) is 0 Å². The molecule has 0 saturated heterocycles. The maximum atomic E-state index is 11.1. The number of nitrogens with zero attached hydrogens (tertiary/aromatic N) is 1. The SMILES string of the molecule is COc1cc2c(cc1OC)C1C(C(O)=C2)c2cc(OC)c(OC)cc2C(C)N1C. The maximum Gasteiger partial charge on any atom is 0.161 e. The first-order valence-corrected chi connectivity index (χ1v) is 9.59. The Labute approximate surface area is 171 Å². The smallest absolute Gasteiger partial charge is 0.161 e. The minimum absolute atomic E-state index is 0.0459. The molecule has 6 nitrogen and oxygen atoms in total. The number of likely N-dealkylation sites (N-methyl/N-ethyl adjacent to an activating group) is 1. The number of ether oxygens (including phenoxy) is 4. The number of benzene rings is 2.